The van der Waals surface area contributed by atoms with Gasteiger partial charge in [-0.2, -0.15) is 0 Å². The molecule has 168 valence electrons. The van der Waals surface area contributed by atoms with E-state index in [9.17, 15) is 9.59 Å². The van der Waals surface area contributed by atoms with Gasteiger partial charge in [-0.05, 0) is 42.4 Å². The number of amides is 2. The van der Waals surface area contributed by atoms with Crippen LogP contribution in [0.4, 0.5) is 0 Å². The highest BCUT2D eigenvalue weighted by atomic mass is 16.2. The third kappa shape index (κ3) is 6.22. The maximum absolute atomic E-state index is 13.3. The molecule has 1 aromatic carbocycles. The number of rotatable bonds is 11. The maximum atomic E-state index is 13.3. The molecular formula is C26H37N3O2. The average Bonchev–Trinajstić information content (AvgIpc) is 3.46. The number of hydrogen-bond donors (Lipinski definition) is 0. The Morgan fingerprint density at radius 2 is 1.84 bits per heavy atom. The molecule has 0 spiro atoms. The summed E-state index contributed by atoms with van der Waals surface area (Å²) in [7, 11) is 2.00. The summed E-state index contributed by atoms with van der Waals surface area (Å²) in [4.78, 5) is 30.3. The molecule has 1 aliphatic rings. The summed E-state index contributed by atoms with van der Waals surface area (Å²) in [5, 5.41) is 0. The lowest BCUT2D eigenvalue weighted by Crippen LogP contribution is -2.45. The number of unbranched alkanes of at least 4 members (excludes halogenated alkanes) is 1. The predicted octanol–water partition coefficient (Wildman–Crippen LogP) is 4.44. The van der Waals surface area contributed by atoms with E-state index in [1.165, 1.54) is 5.56 Å². The molecule has 0 aliphatic heterocycles. The number of carbonyl (C=O) groups excluding carboxylic acids is 2. The second-order valence-electron chi connectivity index (χ2n) is 9.25. The van der Waals surface area contributed by atoms with Crippen LogP contribution in [0.15, 0.2) is 48.7 Å². The zero-order valence-corrected chi connectivity index (χ0v) is 19.5. The third-order valence-electron chi connectivity index (χ3n) is 6.10. The Bertz CT molecular complexity index is 859. The first-order valence-corrected chi connectivity index (χ1v) is 11.6. The summed E-state index contributed by atoms with van der Waals surface area (Å²) in [6.45, 7) is 8.44. The van der Waals surface area contributed by atoms with Crippen molar-refractivity contribution in [3.8, 4) is 0 Å². The molecule has 1 aliphatic carbocycles. The van der Waals surface area contributed by atoms with Gasteiger partial charge in [0.25, 0.3) is 0 Å². The molecule has 1 aromatic heterocycles. The summed E-state index contributed by atoms with van der Waals surface area (Å²) >= 11 is 0. The molecule has 5 heteroatoms. The maximum Gasteiger partial charge on any atom is 0.242 e. The highest BCUT2D eigenvalue weighted by Crippen LogP contribution is 2.48. The van der Waals surface area contributed by atoms with Gasteiger partial charge in [-0.3, -0.25) is 9.59 Å². The van der Waals surface area contributed by atoms with E-state index >= 15 is 0 Å². The van der Waals surface area contributed by atoms with Gasteiger partial charge in [-0.1, -0.05) is 57.5 Å². The summed E-state index contributed by atoms with van der Waals surface area (Å²) in [5.74, 6) is 0.789. The van der Waals surface area contributed by atoms with Crippen LogP contribution in [0.25, 0.3) is 0 Å². The van der Waals surface area contributed by atoms with E-state index in [2.05, 4.69) is 43.5 Å². The first kappa shape index (κ1) is 23.1. The first-order chi connectivity index (χ1) is 14.9. The van der Waals surface area contributed by atoms with Gasteiger partial charge >= 0.3 is 0 Å². The fraction of sp³-hybridized carbons (Fsp3) is 0.538. The predicted molar refractivity (Wildman–Crippen MR) is 124 cm³/mol. The van der Waals surface area contributed by atoms with E-state index in [4.69, 9.17) is 0 Å². The van der Waals surface area contributed by atoms with Crippen molar-refractivity contribution >= 4 is 11.8 Å². The molecule has 1 fully saturated rings. The van der Waals surface area contributed by atoms with E-state index in [1.807, 2.05) is 47.3 Å². The second kappa shape index (κ2) is 10.7. The molecule has 2 amide bonds. The van der Waals surface area contributed by atoms with Crippen LogP contribution >= 0.6 is 0 Å². The molecule has 0 N–H and O–H groups in total. The highest BCUT2D eigenvalue weighted by Gasteiger charge is 2.46. The molecule has 2 atom stereocenters. The minimum Gasteiger partial charge on any atom is -0.353 e. The first-order valence-electron chi connectivity index (χ1n) is 11.6. The Morgan fingerprint density at radius 3 is 2.45 bits per heavy atom. The topological polar surface area (TPSA) is 45.6 Å². The van der Waals surface area contributed by atoms with Gasteiger partial charge in [-0.15, -0.1) is 0 Å². The van der Waals surface area contributed by atoms with Crippen molar-refractivity contribution in [2.24, 2.45) is 18.9 Å². The molecule has 0 radical (unpaired) electrons. The van der Waals surface area contributed by atoms with Gasteiger partial charge in [0.05, 0.1) is 13.1 Å². The standard InChI is InChI=1S/C26H37N3O2/c1-5-6-15-28(18-22-13-10-14-27(22)4)25(30)19-29(17-20(2)3)26(31)24-16-23(24)21-11-8-7-9-12-21/h7-14,20,23-24H,5-6,15-19H2,1-4H3/t23-,24-/m0/s1. The monoisotopic (exact) mass is 423 g/mol. The number of aromatic nitrogens is 1. The number of nitrogens with zero attached hydrogens (tertiary/aromatic N) is 3. The van der Waals surface area contributed by atoms with Crippen molar-refractivity contribution in [3.05, 3.63) is 59.9 Å². The van der Waals surface area contributed by atoms with Gasteiger partial charge in [-0.25, -0.2) is 0 Å². The van der Waals surface area contributed by atoms with Crippen LogP contribution in [-0.2, 0) is 23.2 Å². The van der Waals surface area contributed by atoms with Crippen molar-refractivity contribution < 1.29 is 9.59 Å². The van der Waals surface area contributed by atoms with E-state index in [-0.39, 0.29) is 30.2 Å². The van der Waals surface area contributed by atoms with Crippen LogP contribution in [0.5, 0.6) is 0 Å². The Morgan fingerprint density at radius 1 is 1.10 bits per heavy atom. The normalized spacial score (nSPS) is 17.6. The second-order valence-corrected chi connectivity index (χ2v) is 9.25. The van der Waals surface area contributed by atoms with Gasteiger partial charge in [0, 0.05) is 37.9 Å². The van der Waals surface area contributed by atoms with Gasteiger partial charge in [0.1, 0.15) is 0 Å². The quantitative estimate of drug-likeness (QED) is 0.536. The van der Waals surface area contributed by atoms with Crippen LogP contribution in [0.1, 0.15) is 57.2 Å². The fourth-order valence-corrected chi connectivity index (χ4v) is 4.20. The zero-order valence-electron chi connectivity index (χ0n) is 19.5. The molecule has 0 unspecified atom stereocenters. The minimum atomic E-state index is 0.00548. The van der Waals surface area contributed by atoms with Crippen LogP contribution in [-0.4, -0.2) is 45.8 Å². The summed E-state index contributed by atoms with van der Waals surface area (Å²) in [5.41, 5.74) is 2.34. The Kier molecular flexibility index (Phi) is 7.94. The van der Waals surface area contributed by atoms with E-state index < -0.39 is 0 Å². The van der Waals surface area contributed by atoms with Gasteiger partial charge in [0.15, 0.2) is 0 Å². The van der Waals surface area contributed by atoms with Crippen molar-refractivity contribution in [2.45, 2.75) is 52.5 Å². The number of aryl methyl sites for hydroxylation is 1. The minimum absolute atomic E-state index is 0.00548. The Balaban J connectivity index is 1.68. The van der Waals surface area contributed by atoms with Gasteiger partial charge < -0.3 is 14.4 Å². The lowest BCUT2D eigenvalue weighted by molar-refractivity contribution is -0.142. The van der Waals surface area contributed by atoms with Crippen LogP contribution in [0.2, 0.25) is 0 Å². The molecule has 5 nitrogen and oxygen atoms in total. The molecule has 0 saturated heterocycles. The Labute approximate surface area is 187 Å². The molecule has 0 bridgehead atoms. The summed E-state index contributed by atoms with van der Waals surface area (Å²) < 4.78 is 2.05. The third-order valence-corrected chi connectivity index (χ3v) is 6.10. The SMILES string of the molecule is CCCCN(Cc1cccn1C)C(=O)CN(CC(C)C)C(=O)[C@H]1C[C@H]1c1ccccc1. The summed E-state index contributed by atoms with van der Waals surface area (Å²) in [6, 6.07) is 14.3. The summed E-state index contributed by atoms with van der Waals surface area (Å²) in [6.07, 6.45) is 4.89. The van der Waals surface area contributed by atoms with Gasteiger partial charge in [0.2, 0.25) is 11.8 Å². The van der Waals surface area contributed by atoms with E-state index in [1.54, 1.807) is 0 Å². The fourth-order valence-electron chi connectivity index (χ4n) is 4.20. The van der Waals surface area contributed by atoms with Crippen molar-refractivity contribution in [3.63, 3.8) is 0 Å². The van der Waals surface area contributed by atoms with Crippen LogP contribution in [0, 0.1) is 11.8 Å². The van der Waals surface area contributed by atoms with Crippen molar-refractivity contribution in [2.75, 3.05) is 19.6 Å². The lowest BCUT2D eigenvalue weighted by Gasteiger charge is -2.29. The highest BCUT2D eigenvalue weighted by molar-refractivity contribution is 5.88. The van der Waals surface area contributed by atoms with E-state index in [0.29, 0.717) is 19.0 Å². The molecule has 2 aromatic rings. The molecule has 3 rings (SSSR count). The average molecular weight is 424 g/mol. The van der Waals surface area contributed by atoms with Crippen LogP contribution in [0.3, 0.4) is 0 Å². The van der Waals surface area contributed by atoms with E-state index in [0.717, 1.165) is 31.5 Å². The smallest absolute Gasteiger partial charge is 0.242 e. The molecular weight excluding hydrogens is 386 g/mol. The zero-order chi connectivity index (χ0) is 22.4. The van der Waals surface area contributed by atoms with Crippen molar-refractivity contribution in [1.29, 1.82) is 0 Å². The molecule has 31 heavy (non-hydrogen) atoms. The van der Waals surface area contributed by atoms with Crippen molar-refractivity contribution in [1.82, 2.24) is 14.4 Å². The number of benzene rings is 1. The number of hydrogen-bond acceptors (Lipinski definition) is 2. The largest absolute Gasteiger partial charge is 0.353 e. The Hall–Kier alpha value is -2.56. The number of carbonyl (C=O) groups is 2. The molecule has 1 heterocycles. The molecule has 1 saturated carbocycles. The lowest BCUT2D eigenvalue weighted by atomic mass is 10.1. The van der Waals surface area contributed by atoms with Crippen LogP contribution < -0.4 is 0 Å².